The first-order chi connectivity index (χ1) is 13.0. The first kappa shape index (κ1) is 19.5. The summed E-state index contributed by atoms with van der Waals surface area (Å²) in [7, 11) is 1.61. The molecule has 0 aliphatic carbocycles. The quantitative estimate of drug-likeness (QED) is 0.813. The van der Waals surface area contributed by atoms with Crippen LogP contribution in [0, 0.1) is 5.92 Å². The maximum Gasteiger partial charge on any atom is 0.254 e. The van der Waals surface area contributed by atoms with E-state index in [0.717, 1.165) is 32.4 Å². The Morgan fingerprint density at radius 1 is 1.04 bits per heavy atom. The fourth-order valence-corrected chi connectivity index (χ4v) is 3.93. The van der Waals surface area contributed by atoms with Gasteiger partial charge in [-0.2, -0.15) is 0 Å². The monoisotopic (exact) mass is 374 g/mol. The summed E-state index contributed by atoms with van der Waals surface area (Å²) < 4.78 is 11.6. The summed E-state index contributed by atoms with van der Waals surface area (Å²) in [6, 6.07) is 5.42. The van der Waals surface area contributed by atoms with Gasteiger partial charge in [0.25, 0.3) is 5.91 Å². The van der Waals surface area contributed by atoms with Crippen LogP contribution >= 0.6 is 0 Å². The molecule has 2 amide bonds. The molecule has 2 fully saturated rings. The Kier molecular flexibility index (Phi) is 6.24. The third-order valence-electron chi connectivity index (χ3n) is 5.54. The summed E-state index contributed by atoms with van der Waals surface area (Å²) in [6.07, 6.45) is 3.82. The number of ether oxygens (including phenoxy) is 2. The van der Waals surface area contributed by atoms with Crippen molar-refractivity contribution in [3.63, 3.8) is 0 Å². The van der Waals surface area contributed by atoms with Gasteiger partial charge in [0.1, 0.15) is 6.10 Å². The Bertz CT molecular complexity index is 683. The van der Waals surface area contributed by atoms with Crippen molar-refractivity contribution in [2.24, 2.45) is 5.92 Å². The van der Waals surface area contributed by atoms with Crippen molar-refractivity contribution < 1.29 is 19.1 Å². The van der Waals surface area contributed by atoms with E-state index in [0.29, 0.717) is 36.1 Å². The first-order valence-electron chi connectivity index (χ1n) is 9.87. The molecule has 1 atom stereocenters. The van der Waals surface area contributed by atoms with Crippen molar-refractivity contribution in [2.45, 2.75) is 45.6 Å². The van der Waals surface area contributed by atoms with Crippen LogP contribution in [-0.4, -0.2) is 61.0 Å². The van der Waals surface area contributed by atoms with E-state index < -0.39 is 0 Å². The second-order valence-corrected chi connectivity index (χ2v) is 7.69. The Balaban J connectivity index is 1.70. The molecule has 148 valence electrons. The maximum atomic E-state index is 12.9. The van der Waals surface area contributed by atoms with Crippen LogP contribution in [0.5, 0.6) is 11.5 Å². The highest BCUT2D eigenvalue weighted by Crippen LogP contribution is 2.31. The molecule has 6 heteroatoms. The minimum atomic E-state index is 0.0230. The molecule has 2 aliphatic rings. The minimum Gasteiger partial charge on any atom is -0.493 e. The highest BCUT2D eigenvalue weighted by molar-refractivity contribution is 5.95. The molecule has 2 saturated heterocycles. The zero-order valence-electron chi connectivity index (χ0n) is 16.6. The molecule has 0 bridgehead atoms. The van der Waals surface area contributed by atoms with E-state index in [1.165, 1.54) is 6.42 Å². The lowest BCUT2D eigenvalue weighted by atomic mass is 9.99. The van der Waals surface area contributed by atoms with E-state index in [-0.39, 0.29) is 17.9 Å². The number of hydrogen-bond acceptors (Lipinski definition) is 4. The predicted octanol–water partition coefficient (Wildman–Crippen LogP) is 2.96. The molecule has 1 aromatic rings. The Hall–Kier alpha value is -2.24. The molecule has 6 nitrogen and oxygen atoms in total. The minimum absolute atomic E-state index is 0.0230. The summed E-state index contributed by atoms with van der Waals surface area (Å²) in [5, 5.41) is 0. The second-order valence-electron chi connectivity index (χ2n) is 7.69. The lowest BCUT2D eigenvalue weighted by molar-refractivity contribution is -0.130. The smallest absolute Gasteiger partial charge is 0.254 e. The topological polar surface area (TPSA) is 59.1 Å². The number of hydrogen-bond donors (Lipinski definition) is 0. The molecule has 3 rings (SSSR count). The fraction of sp³-hybridized carbons (Fsp3) is 0.619. The van der Waals surface area contributed by atoms with Gasteiger partial charge in [-0.25, -0.2) is 0 Å². The molecular weight excluding hydrogens is 344 g/mol. The fourth-order valence-electron chi connectivity index (χ4n) is 3.93. The molecular formula is C21H30N2O4. The van der Waals surface area contributed by atoms with Gasteiger partial charge in [0.15, 0.2) is 11.5 Å². The van der Waals surface area contributed by atoms with E-state index in [1.54, 1.807) is 26.2 Å². The number of carbonyl (C=O) groups excluding carboxylic acids is 2. The van der Waals surface area contributed by atoms with Gasteiger partial charge in [-0.3, -0.25) is 9.59 Å². The third kappa shape index (κ3) is 4.73. The summed E-state index contributed by atoms with van der Waals surface area (Å²) in [6.45, 7) is 6.81. The highest BCUT2D eigenvalue weighted by atomic mass is 16.5. The normalized spacial score (nSPS) is 21.1. The zero-order valence-corrected chi connectivity index (χ0v) is 16.6. The first-order valence-corrected chi connectivity index (χ1v) is 9.87. The molecule has 0 saturated carbocycles. The van der Waals surface area contributed by atoms with E-state index in [9.17, 15) is 9.59 Å². The van der Waals surface area contributed by atoms with Crippen molar-refractivity contribution in [1.82, 2.24) is 9.80 Å². The van der Waals surface area contributed by atoms with Gasteiger partial charge in [0, 0.05) is 51.5 Å². The van der Waals surface area contributed by atoms with E-state index in [4.69, 9.17) is 9.47 Å². The highest BCUT2D eigenvalue weighted by Gasteiger charge is 2.25. The van der Waals surface area contributed by atoms with Crippen LogP contribution < -0.4 is 9.47 Å². The molecule has 1 aromatic carbocycles. The number of amides is 2. The summed E-state index contributed by atoms with van der Waals surface area (Å²) in [4.78, 5) is 28.2. The molecule has 2 heterocycles. The van der Waals surface area contributed by atoms with Crippen LogP contribution in [0.1, 0.15) is 49.9 Å². The van der Waals surface area contributed by atoms with Crippen LogP contribution in [0.3, 0.4) is 0 Å². The van der Waals surface area contributed by atoms with Crippen LogP contribution in [0.15, 0.2) is 18.2 Å². The van der Waals surface area contributed by atoms with Crippen molar-refractivity contribution >= 4 is 11.8 Å². The lowest BCUT2D eigenvalue weighted by Gasteiger charge is -2.32. The molecule has 0 spiro atoms. The van der Waals surface area contributed by atoms with E-state index in [1.807, 2.05) is 15.9 Å². The Morgan fingerprint density at radius 3 is 2.41 bits per heavy atom. The summed E-state index contributed by atoms with van der Waals surface area (Å²) in [5.41, 5.74) is 0.640. The van der Waals surface area contributed by atoms with Crippen molar-refractivity contribution in [3.05, 3.63) is 23.8 Å². The van der Waals surface area contributed by atoms with Crippen LogP contribution in [-0.2, 0) is 4.79 Å². The second kappa shape index (κ2) is 8.63. The maximum absolute atomic E-state index is 12.9. The van der Waals surface area contributed by atoms with Gasteiger partial charge in [0.2, 0.25) is 5.91 Å². The number of rotatable bonds is 4. The molecule has 1 unspecified atom stereocenters. The number of benzene rings is 1. The van der Waals surface area contributed by atoms with Gasteiger partial charge < -0.3 is 19.3 Å². The number of carbonyl (C=O) groups is 2. The molecule has 0 radical (unpaired) electrons. The zero-order chi connectivity index (χ0) is 19.4. The Labute approximate surface area is 161 Å². The standard InChI is InChI=1S/C21H30N2O4/c1-15-5-4-10-23(14-15)21(25)17-6-7-19(26-3)20(13-17)27-18-8-11-22(12-9-18)16(2)24/h6-7,13,15,18H,4-5,8-12,14H2,1-3H3. The lowest BCUT2D eigenvalue weighted by Crippen LogP contribution is -2.40. The average molecular weight is 374 g/mol. The van der Waals surface area contributed by atoms with Crippen LogP contribution in [0.2, 0.25) is 0 Å². The van der Waals surface area contributed by atoms with E-state index >= 15 is 0 Å². The summed E-state index contributed by atoms with van der Waals surface area (Å²) in [5.74, 6) is 1.94. The molecule has 27 heavy (non-hydrogen) atoms. The van der Waals surface area contributed by atoms with Crippen molar-refractivity contribution in [2.75, 3.05) is 33.3 Å². The van der Waals surface area contributed by atoms with Gasteiger partial charge in [-0.05, 0) is 37.0 Å². The molecule has 2 aliphatic heterocycles. The Morgan fingerprint density at radius 2 is 1.78 bits per heavy atom. The number of likely N-dealkylation sites (tertiary alicyclic amines) is 2. The van der Waals surface area contributed by atoms with Crippen LogP contribution in [0.4, 0.5) is 0 Å². The van der Waals surface area contributed by atoms with Gasteiger partial charge in [-0.1, -0.05) is 6.92 Å². The SMILES string of the molecule is COc1ccc(C(=O)N2CCCC(C)C2)cc1OC1CCN(C(C)=O)CC1. The van der Waals surface area contributed by atoms with E-state index in [2.05, 4.69) is 6.92 Å². The number of nitrogens with zero attached hydrogens (tertiary/aromatic N) is 2. The summed E-state index contributed by atoms with van der Waals surface area (Å²) >= 11 is 0. The average Bonchev–Trinajstić information content (AvgIpc) is 2.68. The van der Waals surface area contributed by atoms with Crippen LogP contribution in [0.25, 0.3) is 0 Å². The van der Waals surface area contributed by atoms with Crippen molar-refractivity contribution in [3.8, 4) is 11.5 Å². The van der Waals surface area contributed by atoms with Gasteiger partial charge in [0.05, 0.1) is 7.11 Å². The molecule has 0 N–H and O–H groups in total. The molecule has 0 aromatic heterocycles. The van der Waals surface area contributed by atoms with Gasteiger partial charge in [-0.15, -0.1) is 0 Å². The predicted molar refractivity (Wildman–Crippen MR) is 103 cm³/mol. The number of piperidine rings is 2. The number of methoxy groups -OCH3 is 1. The van der Waals surface area contributed by atoms with Crippen molar-refractivity contribution in [1.29, 1.82) is 0 Å². The van der Waals surface area contributed by atoms with Gasteiger partial charge >= 0.3 is 0 Å². The third-order valence-corrected chi connectivity index (χ3v) is 5.54. The largest absolute Gasteiger partial charge is 0.493 e.